The molecular formula is C21H37IN4O3S. The zero-order chi connectivity index (χ0) is 21.3. The highest BCUT2D eigenvalue weighted by molar-refractivity contribution is 14.0. The highest BCUT2D eigenvalue weighted by Gasteiger charge is 2.25. The van der Waals surface area contributed by atoms with Crippen LogP contribution < -0.4 is 15.4 Å². The Balaban J connectivity index is 0.00000450. The van der Waals surface area contributed by atoms with Crippen molar-refractivity contribution in [2.24, 2.45) is 4.99 Å². The Morgan fingerprint density at radius 3 is 2.50 bits per heavy atom. The maximum Gasteiger partial charge on any atom is 0.191 e. The van der Waals surface area contributed by atoms with Gasteiger partial charge in [0.2, 0.25) is 0 Å². The lowest BCUT2D eigenvalue weighted by molar-refractivity contribution is 0.161. The van der Waals surface area contributed by atoms with Gasteiger partial charge in [0.05, 0.1) is 18.9 Å². The van der Waals surface area contributed by atoms with Crippen molar-refractivity contribution in [3.63, 3.8) is 0 Å². The first kappa shape index (κ1) is 27.0. The van der Waals surface area contributed by atoms with Gasteiger partial charge in [0.25, 0.3) is 0 Å². The summed E-state index contributed by atoms with van der Waals surface area (Å²) in [6.07, 6.45) is 5.51. The topological polar surface area (TPSA) is 83.0 Å². The minimum atomic E-state index is -2.97. The van der Waals surface area contributed by atoms with Gasteiger partial charge < -0.3 is 15.4 Å². The molecule has 172 valence electrons. The van der Waals surface area contributed by atoms with Crippen LogP contribution in [0.25, 0.3) is 0 Å². The van der Waals surface area contributed by atoms with Crippen molar-refractivity contribution in [1.29, 1.82) is 0 Å². The van der Waals surface area contributed by atoms with Crippen LogP contribution in [0.5, 0.6) is 5.75 Å². The van der Waals surface area contributed by atoms with Crippen LogP contribution in [0.15, 0.2) is 29.3 Å². The highest BCUT2D eigenvalue weighted by Crippen LogP contribution is 2.30. The van der Waals surface area contributed by atoms with Crippen LogP contribution in [0.4, 0.5) is 0 Å². The fourth-order valence-corrected chi connectivity index (χ4v) is 4.47. The van der Waals surface area contributed by atoms with E-state index >= 15 is 0 Å². The molecular weight excluding hydrogens is 515 g/mol. The average molecular weight is 553 g/mol. The van der Waals surface area contributed by atoms with Crippen molar-refractivity contribution in [2.45, 2.75) is 44.7 Å². The van der Waals surface area contributed by atoms with Gasteiger partial charge in [0.15, 0.2) is 5.96 Å². The molecule has 1 saturated heterocycles. The predicted molar refractivity (Wildman–Crippen MR) is 135 cm³/mol. The lowest BCUT2D eigenvalue weighted by Gasteiger charge is -2.36. The number of piperidine rings is 1. The van der Waals surface area contributed by atoms with Gasteiger partial charge in [-0.15, -0.1) is 24.0 Å². The minimum Gasteiger partial charge on any atom is -0.496 e. The number of nitrogens with zero attached hydrogens (tertiary/aromatic N) is 2. The zero-order valence-electron chi connectivity index (χ0n) is 18.6. The molecule has 0 radical (unpaired) electrons. The Kier molecular flexibility index (Phi) is 12.0. The maximum atomic E-state index is 11.4. The Bertz CT molecular complexity index is 767. The standard InChI is InChI=1S/C21H36N4O3S.HI/c1-17(12-15-29(4,26)27)24-21(22-2)23-16-19(25-13-8-5-9-14-25)18-10-6-7-11-20(18)28-3;/h6-7,10-11,17,19H,5,8-9,12-16H2,1-4H3,(H2,22,23,24);1H. The molecule has 2 unspecified atom stereocenters. The third-order valence-electron chi connectivity index (χ3n) is 5.32. The van der Waals surface area contributed by atoms with E-state index in [1.807, 2.05) is 19.1 Å². The van der Waals surface area contributed by atoms with Gasteiger partial charge in [0.1, 0.15) is 15.6 Å². The Labute approximate surface area is 199 Å². The SMILES string of the molecule is CN=C(NCC(c1ccccc1OC)N1CCCCC1)NC(C)CCS(C)(=O)=O.I. The normalized spacial score (nSPS) is 17.5. The minimum absolute atomic E-state index is 0. The number of sulfone groups is 1. The van der Waals surface area contributed by atoms with Crippen molar-refractivity contribution in [1.82, 2.24) is 15.5 Å². The molecule has 2 N–H and O–H groups in total. The summed E-state index contributed by atoms with van der Waals surface area (Å²) in [7, 11) is 0.479. The van der Waals surface area contributed by atoms with E-state index in [0.29, 0.717) is 18.9 Å². The monoisotopic (exact) mass is 552 g/mol. The number of hydrogen-bond acceptors (Lipinski definition) is 5. The molecule has 0 aliphatic carbocycles. The Morgan fingerprint density at radius 1 is 1.23 bits per heavy atom. The van der Waals surface area contributed by atoms with Gasteiger partial charge in [-0.1, -0.05) is 24.6 Å². The first-order chi connectivity index (χ1) is 13.8. The van der Waals surface area contributed by atoms with Crippen LogP contribution in [0.3, 0.4) is 0 Å². The van der Waals surface area contributed by atoms with Crippen molar-refractivity contribution < 1.29 is 13.2 Å². The molecule has 2 atom stereocenters. The molecule has 9 heteroatoms. The van der Waals surface area contributed by atoms with E-state index in [9.17, 15) is 8.42 Å². The summed E-state index contributed by atoms with van der Waals surface area (Å²) in [4.78, 5) is 6.83. The summed E-state index contributed by atoms with van der Waals surface area (Å²) in [6, 6.07) is 8.37. The van der Waals surface area contributed by atoms with Crippen LogP contribution in [-0.2, 0) is 9.84 Å². The Hall–Kier alpha value is -1.07. The molecule has 1 heterocycles. The van der Waals surface area contributed by atoms with Gasteiger partial charge in [-0.2, -0.15) is 0 Å². The summed E-state index contributed by atoms with van der Waals surface area (Å²) in [5.41, 5.74) is 1.17. The maximum absolute atomic E-state index is 11.4. The van der Waals surface area contributed by atoms with Gasteiger partial charge >= 0.3 is 0 Å². The smallest absolute Gasteiger partial charge is 0.191 e. The van der Waals surface area contributed by atoms with Gasteiger partial charge in [0, 0.05) is 31.5 Å². The lowest BCUT2D eigenvalue weighted by Crippen LogP contribution is -2.47. The average Bonchev–Trinajstić information content (AvgIpc) is 2.72. The van der Waals surface area contributed by atoms with Crippen LogP contribution in [0.2, 0.25) is 0 Å². The number of aliphatic imine (C=N–C) groups is 1. The number of hydrogen-bond donors (Lipinski definition) is 2. The first-order valence-corrected chi connectivity index (χ1v) is 12.4. The zero-order valence-corrected chi connectivity index (χ0v) is 21.7. The van der Waals surface area contributed by atoms with Crippen molar-refractivity contribution in [3.8, 4) is 5.75 Å². The number of benzene rings is 1. The van der Waals surface area contributed by atoms with Gasteiger partial charge in [-0.3, -0.25) is 9.89 Å². The molecule has 30 heavy (non-hydrogen) atoms. The van der Waals surface area contributed by atoms with Crippen LogP contribution in [0.1, 0.15) is 44.2 Å². The van der Waals surface area contributed by atoms with Crippen molar-refractivity contribution >= 4 is 39.8 Å². The lowest BCUT2D eigenvalue weighted by atomic mass is 10.0. The highest BCUT2D eigenvalue weighted by atomic mass is 127. The summed E-state index contributed by atoms with van der Waals surface area (Å²) in [6.45, 7) is 4.81. The molecule has 0 saturated carbocycles. The quantitative estimate of drug-likeness (QED) is 0.279. The van der Waals surface area contributed by atoms with Crippen molar-refractivity contribution in [3.05, 3.63) is 29.8 Å². The molecule has 1 aromatic carbocycles. The fraction of sp³-hybridized carbons (Fsp3) is 0.667. The molecule has 1 aliphatic heterocycles. The van der Waals surface area contributed by atoms with Crippen molar-refractivity contribution in [2.75, 3.05) is 45.8 Å². The summed E-state index contributed by atoms with van der Waals surface area (Å²) in [5, 5.41) is 6.74. The third-order valence-corrected chi connectivity index (χ3v) is 6.30. The second-order valence-corrected chi connectivity index (χ2v) is 10.0. The second kappa shape index (κ2) is 13.4. The molecule has 1 aliphatic rings. The number of likely N-dealkylation sites (tertiary alicyclic amines) is 1. The van der Waals surface area contributed by atoms with Crippen LogP contribution in [-0.4, -0.2) is 71.1 Å². The van der Waals surface area contributed by atoms with Gasteiger partial charge in [-0.05, 0) is 45.3 Å². The molecule has 0 aromatic heterocycles. The summed E-state index contributed by atoms with van der Waals surface area (Å²) >= 11 is 0. The third kappa shape index (κ3) is 8.97. The van der Waals surface area contributed by atoms with E-state index in [1.165, 1.54) is 31.1 Å². The number of methoxy groups -OCH3 is 1. The number of ether oxygens (including phenoxy) is 1. The van der Waals surface area contributed by atoms with E-state index in [4.69, 9.17) is 4.74 Å². The molecule has 0 bridgehead atoms. The number of halogens is 1. The summed E-state index contributed by atoms with van der Waals surface area (Å²) < 4.78 is 28.4. The molecule has 0 spiro atoms. The number of nitrogens with one attached hydrogen (secondary N) is 2. The van der Waals surface area contributed by atoms with Crippen LogP contribution in [0, 0.1) is 0 Å². The molecule has 1 fully saturated rings. The van der Waals surface area contributed by atoms with E-state index in [2.05, 4.69) is 32.7 Å². The number of para-hydroxylation sites is 1. The van der Waals surface area contributed by atoms with Crippen LogP contribution >= 0.6 is 24.0 Å². The van der Waals surface area contributed by atoms with E-state index in [-0.39, 0.29) is 41.8 Å². The molecule has 2 rings (SSSR count). The van der Waals surface area contributed by atoms with E-state index in [1.54, 1.807) is 14.2 Å². The first-order valence-electron chi connectivity index (χ1n) is 10.4. The second-order valence-electron chi connectivity index (χ2n) is 7.77. The number of guanidine groups is 1. The predicted octanol–water partition coefficient (Wildman–Crippen LogP) is 2.83. The van der Waals surface area contributed by atoms with E-state index in [0.717, 1.165) is 18.8 Å². The largest absolute Gasteiger partial charge is 0.496 e. The fourth-order valence-electron chi connectivity index (χ4n) is 3.69. The summed E-state index contributed by atoms with van der Waals surface area (Å²) in [5.74, 6) is 1.74. The number of rotatable bonds is 9. The molecule has 7 nitrogen and oxygen atoms in total. The van der Waals surface area contributed by atoms with Gasteiger partial charge in [-0.25, -0.2) is 8.42 Å². The van der Waals surface area contributed by atoms with E-state index < -0.39 is 9.84 Å². The Morgan fingerprint density at radius 2 is 1.90 bits per heavy atom. The molecule has 0 amide bonds. The molecule has 1 aromatic rings.